The van der Waals surface area contributed by atoms with Crippen molar-refractivity contribution in [2.45, 2.75) is 57.5 Å². The summed E-state index contributed by atoms with van der Waals surface area (Å²) in [6, 6.07) is 0.933. The van der Waals surface area contributed by atoms with Crippen LogP contribution in [0.1, 0.15) is 45.4 Å². The molecule has 1 saturated carbocycles. The summed E-state index contributed by atoms with van der Waals surface area (Å²) in [5.74, 6) is 0. The molecule has 1 aliphatic carbocycles. The number of hydrogen-bond acceptors (Lipinski definition) is 2. The monoisotopic (exact) mass is 171 g/mol. The van der Waals surface area contributed by atoms with Gasteiger partial charge in [-0.25, -0.2) is 0 Å². The minimum atomic E-state index is 0.260. The maximum Gasteiger partial charge on any atom is 0.0582 e. The van der Waals surface area contributed by atoms with Crippen LogP contribution in [0.15, 0.2) is 0 Å². The Morgan fingerprint density at radius 2 is 1.83 bits per heavy atom. The lowest BCUT2D eigenvalue weighted by atomic mass is 10.1. The van der Waals surface area contributed by atoms with Gasteiger partial charge in [0.25, 0.3) is 0 Å². The highest BCUT2D eigenvalue weighted by Crippen LogP contribution is 2.17. The van der Waals surface area contributed by atoms with Gasteiger partial charge in [-0.15, -0.1) is 0 Å². The topological polar surface area (TPSA) is 32.3 Å². The van der Waals surface area contributed by atoms with Crippen LogP contribution in [0.25, 0.3) is 0 Å². The molecule has 0 bridgehead atoms. The molecule has 0 aromatic rings. The zero-order valence-electron chi connectivity index (χ0n) is 8.05. The van der Waals surface area contributed by atoms with Gasteiger partial charge in [0, 0.05) is 12.1 Å². The minimum Gasteiger partial charge on any atom is -0.395 e. The summed E-state index contributed by atoms with van der Waals surface area (Å²) in [7, 11) is 0. The van der Waals surface area contributed by atoms with E-state index in [9.17, 15) is 0 Å². The smallest absolute Gasteiger partial charge is 0.0582 e. The molecule has 1 atom stereocenters. The fourth-order valence-electron chi connectivity index (χ4n) is 1.90. The average Bonchev–Trinajstić information content (AvgIpc) is 2.33. The van der Waals surface area contributed by atoms with E-state index in [1.807, 2.05) is 6.92 Å². The Morgan fingerprint density at radius 3 is 2.33 bits per heavy atom. The second-order valence-electron chi connectivity index (χ2n) is 3.94. The zero-order chi connectivity index (χ0) is 8.81. The fourth-order valence-corrected chi connectivity index (χ4v) is 1.90. The van der Waals surface area contributed by atoms with Crippen LogP contribution in [0.3, 0.4) is 0 Å². The van der Waals surface area contributed by atoms with E-state index >= 15 is 0 Å². The molecule has 0 saturated heterocycles. The predicted molar refractivity (Wildman–Crippen MR) is 51.2 cm³/mol. The van der Waals surface area contributed by atoms with Gasteiger partial charge in [-0.2, -0.15) is 0 Å². The highest BCUT2D eigenvalue weighted by atomic mass is 16.3. The molecule has 1 unspecified atom stereocenters. The lowest BCUT2D eigenvalue weighted by Crippen LogP contribution is -2.38. The first kappa shape index (κ1) is 10.0. The summed E-state index contributed by atoms with van der Waals surface area (Å²) in [5.41, 5.74) is 0. The molecule has 0 spiro atoms. The lowest BCUT2D eigenvalue weighted by Gasteiger charge is -2.20. The molecule has 1 rings (SSSR count). The summed E-state index contributed by atoms with van der Waals surface area (Å²) in [5, 5.41) is 12.3. The molecule has 0 aromatic carbocycles. The van der Waals surface area contributed by atoms with Crippen molar-refractivity contribution in [1.82, 2.24) is 5.32 Å². The van der Waals surface area contributed by atoms with E-state index < -0.39 is 0 Å². The Balaban J connectivity index is 2.20. The van der Waals surface area contributed by atoms with Gasteiger partial charge in [-0.1, -0.05) is 25.7 Å². The Kier molecular flexibility index (Phi) is 4.62. The number of aliphatic hydroxyl groups is 1. The van der Waals surface area contributed by atoms with Crippen molar-refractivity contribution < 1.29 is 5.11 Å². The molecule has 1 aliphatic rings. The van der Waals surface area contributed by atoms with E-state index in [2.05, 4.69) is 5.32 Å². The van der Waals surface area contributed by atoms with Gasteiger partial charge in [-0.05, 0) is 19.8 Å². The number of nitrogens with one attached hydrogen (secondary N) is 1. The molecule has 1 fully saturated rings. The van der Waals surface area contributed by atoms with Gasteiger partial charge >= 0.3 is 0 Å². The van der Waals surface area contributed by atoms with Gasteiger partial charge < -0.3 is 10.4 Å². The predicted octanol–water partition coefficient (Wildman–Crippen LogP) is 1.68. The number of hydrogen-bond donors (Lipinski definition) is 2. The first-order valence-corrected chi connectivity index (χ1v) is 5.20. The summed E-state index contributed by atoms with van der Waals surface area (Å²) in [6.07, 6.45) is 8.09. The second kappa shape index (κ2) is 5.55. The average molecular weight is 171 g/mol. The molecule has 72 valence electrons. The summed E-state index contributed by atoms with van der Waals surface area (Å²) in [6.45, 7) is 2.31. The van der Waals surface area contributed by atoms with E-state index in [-0.39, 0.29) is 12.6 Å². The maximum absolute atomic E-state index is 8.87. The largest absolute Gasteiger partial charge is 0.395 e. The van der Waals surface area contributed by atoms with Crippen LogP contribution in [-0.4, -0.2) is 23.8 Å². The van der Waals surface area contributed by atoms with Crippen molar-refractivity contribution >= 4 is 0 Å². The van der Waals surface area contributed by atoms with Crippen LogP contribution in [0.5, 0.6) is 0 Å². The normalized spacial score (nSPS) is 23.5. The molecule has 0 amide bonds. The number of aliphatic hydroxyl groups excluding tert-OH is 1. The molecule has 2 heteroatoms. The van der Waals surface area contributed by atoms with Crippen LogP contribution >= 0.6 is 0 Å². The van der Waals surface area contributed by atoms with Crippen LogP contribution in [0.2, 0.25) is 0 Å². The molecular formula is C10H21NO. The molecule has 2 nitrogen and oxygen atoms in total. The minimum absolute atomic E-state index is 0.260. The Bertz CT molecular complexity index is 108. The van der Waals surface area contributed by atoms with Crippen LogP contribution < -0.4 is 5.32 Å². The quantitative estimate of drug-likeness (QED) is 0.633. The third-order valence-corrected chi connectivity index (χ3v) is 2.65. The standard InChI is InChI=1S/C10H21NO/c1-9(8-12)11-10-6-4-2-3-5-7-10/h9-12H,2-8H2,1H3. The van der Waals surface area contributed by atoms with Crippen molar-refractivity contribution in [1.29, 1.82) is 0 Å². The summed E-state index contributed by atoms with van der Waals surface area (Å²) in [4.78, 5) is 0. The molecule has 0 aliphatic heterocycles. The van der Waals surface area contributed by atoms with Crippen molar-refractivity contribution in [3.8, 4) is 0 Å². The second-order valence-corrected chi connectivity index (χ2v) is 3.94. The molecule has 12 heavy (non-hydrogen) atoms. The summed E-state index contributed by atoms with van der Waals surface area (Å²) >= 11 is 0. The van der Waals surface area contributed by atoms with Gasteiger partial charge in [0.15, 0.2) is 0 Å². The SMILES string of the molecule is CC(CO)NC1CCCCCC1. The van der Waals surface area contributed by atoms with Gasteiger partial charge in [0.05, 0.1) is 6.61 Å². The van der Waals surface area contributed by atoms with E-state index in [0.29, 0.717) is 6.04 Å². The van der Waals surface area contributed by atoms with Crippen LogP contribution in [0, 0.1) is 0 Å². The van der Waals surface area contributed by atoms with Crippen molar-refractivity contribution in [2.24, 2.45) is 0 Å². The Hall–Kier alpha value is -0.0800. The third kappa shape index (κ3) is 3.55. The zero-order valence-corrected chi connectivity index (χ0v) is 8.05. The molecular weight excluding hydrogens is 150 g/mol. The first-order chi connectivity index (χ1) is 5.83. The highest BCUT2D eigenvalue weighted by molar-refractivity contribution is 4.73. The molecule has 0 aromatic heterocycles. The first-order valence-electron chi connectivity index (χ1n) is 5.20. The van der Waals surface area contributed by atoms with E-state index in [0.717, 1.165) is 0 Å². The Morgan fingerprint density at radius 1 is 1.25 bits per heavy atom. The fraction of sp³-hybridized carbons (Fsp3) is 1.00. The third-order valence-electron chi connectivity index (χ3n) is 2.65. The molecule has 0 radical (unpaired) electrons. The van der Waals surface area contributed by atoms with E-state index in [1.165, 1.54) is 38.5 Å². The van der Waals surface area contributed by atoms with Crippen molar-refractivity contribution in [3.05, 3.63) is 0 Å². The van der Waals surface area contributed by atoms with Crippen molar-refractivity contribution in [3.63, 3.8) is 0 Å². The molecule has 0 heterocycles. The molecule has 2 N–H and O–H groups in total. The van der Waals surface area contributed by atoms with Gasteiger partial charge in [-0.3, -0.25) is 0 Å². The Labute approximate surface area is 75.4 Å². The van der Waals surface area contributed by atoms with Crippen LogP contribution in [0.4, 0.5) is 0 Å². The van der Waals surface area contributed by atoms with E-state index in [4.69, 9.17) is 5.11 Å². The van der Waals surface area contributed by atoms with Crippen LogP contribution in [-0.2, 0) is 0 Å². The highest BCUT2D eigenvalue weighted by Gasteiger charge is 2.13. The van der Waals surface area contributed by atoms with Gasteiger partial charge in [0.2, 0.25) is 0 Å². The number of rotatable bonds is 3. The van der Waals surface area contributed by atoms with Gasteiger partial charge in [0.1, 0.15) is 0 Å². The maximum atomic E-state index is 8.87. The summed E-state index contributed by atoms with van der Waals surface area (Å²) < 4.78 is 0. The lowest BCUT2D eigenvalue weighted by molar-refractivity contribution is 0.236. The van der Waals surface area contributed by atoms with Crippen molar-refractivity contribution in [2.75, 3.05) is 6.61 Å². The van der Waals surface area contributed by atoms with E-state index in [1.54, 1.807) is 0 Å².